The molecule has 1 spiro atoms. The number of aryl methyl sites for hydroxylation is 1. The van der Waals surface area contributed by atoms with Crippen molar-refractivity contribution in [3.63, 3.8) is 0 Å². The van der Waals surface area contributed by atoms with Crippen molar-refractivity contribution in [2.45, 2.75) is 45.5 Å². The summed E-state index contributed by atoms with van der Waals surface area (Å²) in [5.74, 6) is 1.01. The molecule has 0 bridgehead atoms. The lowest BCUT2D eigenvalue weighted by Gasteiger charge is -2.26. The van der Waals surface area contributed by atoms with Gasteiger partial charge in [0.2, 0.25) is 0 Å². The number of ether oxygens (including phenoxy) is 1. The molecule has 0 radical (unpaired) electrons. The number of likely N-dealkylation sites (tertiary alicyclic amines) is 1. The number of hydrogen-bond donors (Lipinski definition) is 0. The highest BCUT2D eigenvalue weighted by Crippen LogP contribution is 2.43. The van der Waals surface area contributed by atoms with Gasteiger partial charge in [0.25, 0.3) is 0 Å². The fraction of sp³-hybridized carbons (Fsp3) is 0.483. The maximum absolute atomic E-state index is 13.2. The number of thiophene rings is 1. The molecule has 2 aliphatic rings. The lowest BCUT2D eigenvalue weighted by atomic mass is 9.86. The molecule has 0 amide bonds. The monoisotopic (exact) mass is 568 g/mol. The number of hydrogen-bond acceptors (Lipinski definition) is 7. The molecule has 5 heterocycles. The highest BCUT2D eigenvalue weighted by Gasteiger charge is 2.44. The van der Waals surface area contributed by atoms with E-state index < -0.39 is 12.7 Å². The van der Waals surface area contributed by atoms with Crippen LogP contribution in [0.15, 0.2) is 30.6 Å². The van der Waals surface area contributed by atoms with Crippen LogP contribution in [0.3, 0.4) is 0 Å². The molecule has 11 heteroatoms. The first-order valence-electron chi connectivity index (χ1n) is 13.5. The van der Waals surface area contributed by atoms with E-state index in [1.807, 2.05) is 19.1 Å². The SMILES string of the molecule is COCCc1cc2c(N3CCC4(CCN(Cc5ccc6c(cc(C#N)n6CC(F)(F)F)c5C)C4)C3)ncnc2s1. The molecule has 6 rings (SSSR count). The van der Waals surface area contributed by atoms with Crippen molar-refractivity contribution in [3.8, 4) is 6.07 Å². The van der Waals surface area contributed by atoms with Crippen LogP contribution in [0.4, 0.5) is 19.0 Å². The second-order valence-electron chi connectivity index (χ2n) is 11.1. The molecule has 0 N–H and O–H groups in total. The van der Waals surface area contributed by atoms with Crippen molar-refractivity contribution in [2.75, 3.05) is 44.8 Å². The van der Waals surface area contributed by atoms with Gasteiger partial charge in [-0.25, -0.2) is 9.97 Å². The average molecular weight is 569 g/mol. The van der Waals surface area contributed by atoms with E-state index in [0.717, 1.165) is 83.7 Å². The predicted molar refractivity (Wildman–Crippen MR) is 150 cm³/mol. The van der Waals surface area contributed by atoms with Crippen LogP contribution >= 0.6 is 11.3 Å². The second-order valence-corrected chi connectivity index (χ2v) is 12.2. The molecule has 2 fully saturated rings. The van der Waals surface area contributed by atoms with Crippen LogP contribution in [-0.2, 0) is 24.2 Å². The number of anilines is 1. The quantitative estimate of drug-likeness (QED) is 0.286. The number of benzene rings is 1. The number of aromatic nitrogens is 3. The number of fused-ring (bicyclic) bond motifs is 2. The van der Waals surface area contributed by atoms with Gasteiger partial charge in [-0.05, 0) is 55.6 Å². The zero-order valence-corrected chi connectivity index (χ0v) is 23.4. The summed E-state index contributed by atoms with van der Waals surface area (Å²) in [6, 6.07) is 9.39. The summed E-state index contributed by atoms with van der Waals surface area (Å²) in [4.78, 5) is 16.3. The molecule has 4 aromatic rings. The molecular weight excluding hydrogens is 537 g/mol. The van der Waals surface area contributed by atoms with E-state index in [2.05, 4.69) is 25.8 Å². The van der Waals surface area contributed by atoms with E-state index in [1.165, 1.54) is 4.88 Å². The van der Waals surface area contributed by atoms with Crippen molar-refractivity contribution in [3.05, 3.63) is 52.3 Å². The summed E-state index contributed by atoms with van der Waals surface area (Å²) in [6.45, 7) is 6.05. The van der Waals surface area contributed by atoms with E-state index in [9.17, 15) is 18.4 Å². The Morgan fingerprint density at radius 3 is 2.73 bits per heavy atom. The number of nitrogens with zero attached hydrogens (tertiary/aromatic N) is 6. The Morgan fingerprint density at radius 2 is 1.95 bits per heavy atom. The van der Waals surface area contributed by atoms with Gasteiger partial charge in [0.15, 0.2) is 0 Å². The summed E-state index contributed by atoms with van der Waals surface area (Å²) in [7, 11) is 1.71. The maximum atomic E-state index is 13.2. The topological polar surface area (TPSA) is 70.2 Å². The van der Waals surface area contributed by atoms with Gasteiger partial charge in [-0.2, -0.15) is 18.4 Å². The first-order chi connectivity index (χ1) is 19.2. The summed E-state index contributed by atoms with van der Waals surface area (Å²) in [6.07, 6.45) is 0.336. The molecule has 40 heavy (non-hydrogen) atoms. The lowest BCUT2D eigenvalue weighted by molar-refractivity contribution is -0.140. The van der Waals surface area contributed by atoms with Gasteiger partial charge in [0, 0.05) is 60.9 Å². The molecule has 2 saturated heterocycles. The van der Waals surface area contributed by atoms with Gasteiger partial charge in [0.1, 0.15) is 35.3 Å². The van der Waals surface area contributed by atoms with E-state index in [0.29, 0.717) is 17.5 Å². The van der Waals surface area contributed by atoms with E-state index >= 15 is 0 Å². The highest BCUT2D eigenvalue weighted by atomic mass is 32.1. The first-order valence-corrected chi connectivity index (χ1v) is 14.3. The minimum absolute atomic E-state index is 0.0361. The fourth-order valence-corrected chi connectivity index (χ4v) is 7.43. The molecule has 1 unspecified atom stereocenters. The number of rotatable bonds is 7. The third-order valence-corrected chi connectivity index (χ3v) is 9.58. The van der Waals surface area contributed by atoms with Gasteiger partial charge >= 0.3 is 6.18 Å². The van der Waals surface area contributed by atoms with Crippen molar-refractivity contribution in [1.29, 1.82) is 5.26 Å². The Labute approximate surface area is 234 Å². The Bertz CT molecular complexity index is 1610. The third-order valence-electron chi connectivity index (χ3n) is 8.48. The standard InChI is InChI=1S/C29H31F3N6OS/c1-19-20(3-4-25-23(19)11-21(13-33)38(25)17-29(30,31)32)14-36-8-6-28(15-36)7-9-37(16-28)26-24-12-22(5-10-39-2)40-27(24)35-18-34-26/h3-4,11-12,18H,5-10,14-17H2,1-2H3. The van der Waals surface area contributed by atoms with Crippen molar-refractivity contribution in [1.82, 2.24) is 19.4 Å². The molecule has 210 valence electrons. The first kappa shape index (κ1) is 27.0. The largest absolute Gasteiger partial charge is 0.406 e. The zero-order valence-electron chi connectivity index (χ0n) is 22.6. The summed E-state index contributed by atoms with van der Waals surface area (Å²) in [5.41, 5.74) is 2.71. The number of nitriles is 1. The van der Waals surface area contributed by atoms with E-state index in [-0.39, 0.29) is 11.1 Å². The van der Waals surface area contributed by atoms with E-state index in [1.54, 1.807) is 36.9 Å². The van der Waals surface area contributed by atoms with Crippen LogP contribution in [0.2, 0.25) is 0 Å². The zero-order chi connectivity index (χ0) is 28.1. The number of halogens is 3. The molecular formula is C29H31F3N6OS. The van der Waals surface area contributed by atoms with Gasteiger partial charge in [0.05, 0.1) is 12.0 Å². The normalized spacial score (nSPS) is 19.9. The average Bonchev–Trinajstić information content (AvgIpc) is 3.69. The van der Waals surface area contributed by atoms with Crippen LogP contribution in [0.5, 0.6) is 0 Å². The number of alkyl halides is 3. The Morgan fingerprint density at radius 1 is 1.12 bits per heavy atom. The summed E-state index contributed by atoms with van der Waals surface area (Å²) in [5, 5.41) is 11.3. The smallest absolute Gasteiger partial charge is 0.384 e. The Balaban J connectivity index is 1.18. The van der Waals surface area contributed by atoms with E-state index in [4.69, 9.17) is 4.74 Å². The fourth-order valence-electron chi connectivity index (χ4n) is 6.46. The predicted octanol–water partition coefficient (Wildman–Crippen LogP) is 5.68. The maximum Gasteiger partial charge on any atom is 0.406 e. The number of methoxy groups -OCH3 is 1. The lowest BCUT2D eigenvalue weighted by Crippen LogP contribution is -2.31. The summed E-state index contributed by atoms with van der Waals surface area (Å²) >= 11 is 1.70. The third kappa shape index (κ3) is 5.04. The van der Waals surface area contributed by atoms with Gasteiger partial charge in [-0.15, -0.1) is 11.3 Å². The van der Waals surface area contributed by atoms with Gasteiger partial charge in [-0.1, -0.05) is 6.07 Å². The molecule has 1 atom stereocenters. The van der Waals surface area contributed by atoms with Crippen LogP contribution in [0, 0.1) is 23.7 Å². The van der Waals surface area contributed by atoms with Crippen LogP contribution < -0.4 is 4.90 Å². The second kappa shape index (κ2) is 10.3. The molecule has 3 aromatic heterocycles. The van der Waals surface area contributed by atoms with Crippen molar-refractivity contribution in [2.24, 2.45) is 5.41 Å². The van der Waals surface area contributed by atoms with Gasteiger partial charge < -0.3 is 14.2 Å². The molecule has 0 aliphatic carbocycles. The summed E-state index contributed by atoms with van der Waals surface area (Å²) < 4.78 is 45.8. The van der Waals surface area contributed by atoms with Gasteiger partial charge in [-0.3, -0.25) is 4.90 Å². The minimum Gasteiger partial charge on any atom is -0.384 e. The van der Waals surface area contributed by atoms with Crippen molar-refractivity contribution < 1.29 is 17.9 Å². The highest BCUT2D eigenvalue weighted by molar-refractivity contribution is 7.18. The molecule has 0 saturated carbocycles. The van der Waals surface area contributed by atoms with Crippen molar-refractivity contribution >= 4 is 38.3 Å². The molecule has 7 nitrogen and oxygen atoms in total. The Kier molecular flexibility index (Phi) is 6.97. The molecule has 1 aromatic carbocycles. The van der Waals surface area contributed by atoms with Crippen LogP contribution in [-0.4, -0.2) is 65.5 Å². The Hall–Kier alpha value is -3.20. The molecule has 2 aliphatic heterocycles. The minimum atomic E-state index is -4.39. The van der Waals surface area contributed by atoms with Crippen LogP contribution in [0.1, 0.15) is 34.5 Å². The van der Waals surface area contributed by atoms with Crippen LogP contribution in [0.25, 0.3) is 21.1 Å².